The molecule has 1 aromatic heterocycles. The minimum Gasteiger partial charge on any atom is -0.476 e. The molecule has 1 fully saturated rings. The lowest BCUT2D eigenvalue weighted by molar-refractivity contribution is 0.101. The van der Waals surface area contributed by atoms with E-state index in [1.165, 1.54) is 6.20 Å². The van der Waals surface area contributed by atoms with Crippen LogP contribution in [0, 0.1) is 5.92 Å². The van der Waals surface area contributed by atoms with Gasteiger partial charge in [-0.1, -0.05) is 11.6 Å². The van der Waals surface area contributed by atoms with Gasteiger partial charge in [0.25, 0.3) is 0 Å². The van der Waals surface area contributed by atoms with Crippen LogP contribution in [0.15, 0.2) is 6.20 Å². The van der Waals surface area contributed by atoms with Gasteiger partial charge in [0.15, 0.2) is 0 Å². The van der Waals surface area contributed by atoms with Gasteiger partial charge in [0.05, 0.1) is 18.9 Å². The molecule has 0 saturated heterocycles. The Kier molecular flexibility index (Phi) is 5.03. The van der Waals surface area contributed by atoms with Crippen LogP contribution < -0.4 is 4.74 Å². The second-order valence-corrected chi connectivity index (χ2v) is 5.35. The molecule has 6 heteroatoms. The molecule has 18 heavy (non-hydrogen) atoms. The molecular formula is C12H16Cl2N2O2. The van der Waals surface area contributed by atoms with Gasteiger partial charge in [-0.2, -0.15) is 4.98 Å². The predicted octanol–water partition coefficient (Wildman–Crippen LogP) is 3.10. The van der Waals surface area contributed by atoms with Gasteiger partial charge >= 0.3 is 0 Å². The van der Waals surface area contributed by atoms with Crippen LogP contribution in [-0.2, 0) is 0 Å². The van der Waals surface area contributed by atoms with Crippen LogP contribution in [0.5, 0.6) is 5.88 Å². The van der Waals surface area contributed by atoms with Gasteiger partial charge in [-0.25, -0.2) is 4.98 Å². The summed E-state index contributed by atoms with van der Waals surface area (Å²) in [6.45, 7) is 0.563. The van der Waals surface area contributed by atoms with Crippen LogP contribution in [-0.4, -0.2) is 27.8 Å². The molecule has 0 unspecified atom stereocenters. The minimum atomic E-state index is -0.114. The average Bonchev–Trinajstić information content (AvgIpc) is 2.36. The number of rotatable bonds is 4. The van der Waals surface area contributed by atoms with E-state index in [-0.39, 0.29) is 11.4 Å². The van der Waals surface area contributed by atoms with Crippen LogP contribution in [0.3, 0.4) is 0 Å². The number of halogens is 2. The first-order chi connectivity index (χ1) is 8.65. The molecule has 0 bridgehead atoms. The third-order valence-electron chi connectivity index (χ3n) is 3.26. The van der Waals surface area contributed by atoms with Gasteiger partial charge in [-0.05, 0) is 49.6 Å². The van der Waals surface area contributed by atoms with E-state index in [1.807, 2.05) is 0 Å². The molecule has 1 aromatic rings. The van der Waals surface area contributed by atoms with Crippen LogP contribution in [0.1, 0.15) is 32.1 Å². The van der Waals surface area contributed by atoms with Gasteiger partial charge in [0.2, 0.25) is 11.2 Å². The molecule has 1 heterocycles. The lowest BCUT2D eigenvalue weighted by Crippen LogP contribution is -2.19. The van der Waals surface area contributed by atoms with E-state index in [9.17, 15) is 5.11 Å². The molecule has 1 aliphatic rings. The molecule has 1 saturated carbocycles. The monoisotopic (exact) mass is 290 g/mol. The number of hydrogen-bond donors (Lipinski definition) is 1. The van der Waals surface area contributed by atoms with Crippen LogP contribution in [0.4, 0.5) is 0 Å². The van der Waals surface area contributed by atoms with Crippen molar-refractivity contribution in [3.05, 3.63) is 16.5 Å². The smallest absolute Gasteiger partial charge is 0.237 e. The molecule has 4 nitrogen and oxygen atoms in total. The van der Waals surface area contributed by atoms with Crippen molar-refractivity contribution in [3.63, 3.8) is 0 Å². The highest BCUT2D eigenvalue weighted by molar-refractivity contribution is 6.32. The second kappa shape index (κ2) is 6.55. The minimum absolute atomic E-state index is 0.114. The molecular weight excluding hydrogens is 275 g/mol. The summed E-state index contributed by atoms with van der Waals surface area (Å²) in [5, 5.41) is 9.93. The van der Waals surface area contributed by atoms with Gasteiger partial charge in [0.1, 0.15) is 5.02 Å². The summed E-state index contributed by atoms with van der Waals surface area (Å²) in [6.07, 6.45) is 6.17. The number of ether oxygens (including phenoxy) is 1. The topological polar surface area (TPSA) is 55.2 Å². The highest BCUT2D eigenvalue weighted by Crippen LogP contribution is 2.27. The van der Waals surface area contributed by atoms with Crippen LogP contribution in [0.25, 0.3) is 0 Å². The highest BCUT2D eigenvalue weighted by atomic mass is 35.5. The number of aromatic nitrogens is 2. The summed E-state index contributed by atoms with van der Waals surface area (Å²) in [5.41, 5.74) is 0. The Morgan fingerprint density at radius 1 is 1.28 bits per heavy atom. The van der Waals surface area contributed by atoms with Gasteiger partial charge in [-0.15, -0.1) is 0 Å². The van der Waals surface area contributed by atoms with Crippen LogP contribution >= 0.6 is 23.2 Å². The van der Waals surface area contributed by atoms with Crippen LogP contribution in [0.2, 0.25) is 10.3 Å². The van der Waals surface area contributed by atoms with Crippen molar-refractivity contribution in [1.82, 2.24) is 9.97 Å². The van der Waals surface area contributed by atoms with E-state index in [1.54, 1.807) is 0 Å². The fourth-order valence-corrected chi connectivity index (χ4v) is 2.46. The Labute approximate surface area is 116 Å². The Bertz CT molecular complexity index is 396. The van der Waals surface area contributed by atoms with E-state index in [4.69, 9.17) is 27.9 Å². The molecule has 100 valence electrons. The van der Waals surface area contributed by atoms with Crippen molar-refractivity contribution in [2.75, 3.05) is 6.61 Å². The molecule has 0 aliphatic heterocycles. The predicted molar refractivity (Wildman–Crippen MR) is 70.1 cm³/mol. The zero-order valence-electron chi connectivity index (χ0n) is 9.98. The fourth-order valence-electron chi connectivity index (χ4n) is 2.19. The third kappa shape index (κ3) is 3.97. The molecule has 0 radical (unpaired) electrons. The summed E-state index contributed by atoms with van der Waals surface area (Å²) in [7, 11) is 0. The largest absolute Gasteiger partial charge is 0.476 e. The summed E-state index contributed by atoms with van der Waals surface area (Å²) < 4.78 is 5.52. The summed E-state index contributed by atoms with van der Waals surface area (Å²) >= 11 is 11.6. The zero-order valence-corrected chi connectivity index (χ0v) is 11.5. The quantitative estimate of drug-likeness (QED) is 0.866. The van der Waals surface area contributed by atoms with Gasteiger partial charge in [0, 0.05) is 0 Å². The maximum atomic E-state index is 9.42. The third-order valence-corrected chi connectivity index (χ3v) is 3.71. The first-order valence-electron chi connectivity index (χ1n) is 6.14. The molecule has 0 aromatic carbocycles. The lowest BCUT2D eigenvalue weighted by Gasteiger charge is -2.25. The van der Waals surface area contributed by atoms with Gasteiger partial charge < -0.3 is 9.84 Å². The molecule has 2 rings (SSSR count). The van der Waals surface area contributed by atoms with Crippen molar-refractivity contribution in [2.45, 2.75) is 38.2 Å². The first kappa shape index (κ1) is 13.8. The maximum Gasteiger partial charge on any atom is 0.237 e. The molecule has 0 spiro atoms. The van der Waals surface area contributed by atoms with Crippen molar-refractivity contribution >= 4 is 23.2 Å². The maximum absolute atomic E-state index is 9.42. The second-order valence-electron chi connectivity index (χ2n) is 4.60. The Morgan fingerprint density at radius 3 is 2.72 bits per heavy atom. The SMILES string of the molecule is OC1CCC(CCOc2nc(Cl)ncc2Cl)CC1. The van der Waals surface area contributed by atoms with Crippen molar-refractivity contribution < 1.29 is 9.84 Å². The van der Waals surface area contributed by atoms with E-state index >= 15 is 0 Å². The lowest BCUT2D eigenvalue weighted by atomic mass is 9.86. The Hall–Kier alpha value is -0.580. The number of aliphatic hydroxyl groups is 1. The Morgan fingerprint density at radius 2 is 2.00 bits per heavy atom. The van der Waals surface area contributed by atoms with E-state index < -0.39 is 0 Å². The van der Waals surface area contributed by atoms with Crippen molar-refractivity contribution in [2.24, 2.45) is 5.92 Å². The van der Waals surface area contributed by atoms with Crippen molar-refractivity contribution in [1.29, 1.82) is 0 Å². The summed E-state index contributed by atoms with van der Waals surface area (Å²) in [5.74, 6) is 0.956. The highest BCUT2D eigenvalue weighted by Gasteiger charge is 2.19. The van der Waals surface area contributed by atoms with E-state index in [0.29, 0.717) is 23.4 Å². The molecule has 0 amide bonds. The van der Waals surface area contributed by atoms with E-state index in [2.05, 4.69) is 9.97 Å². The average molecular weight is 291 g/mol. The standard InChI is InChI=1S/C12H16Cl2N2O2/c13-10-7-15-12(14)16-11(10)18-6-5-8-1-3-9(17)4-2-8/h7-9,17H,1-6H2. The normalized spacial score (nSPS) is 23.9. The number of aliphatic hydroxyl groups excluding tert-OH is 1. The van der Waals surface area contributed by atoms with Gasteiger partial charge in [-0.3, -0.25) is 0 Å². The molecule has 1 N–H and O–H groups in total. The summed E-state index contributed by atoms with van der Waals surface area (Å²) in [4.78, 5) is 7.69. The van der Waals surface area contributed by atoms with E-state index in [0.717, 1.165) is 32.1 Å². The van der Waals surface area contributed by atoms with Crippen molar-refractivity contribution in [3.8, 4) is 5.88 Å². The first-order valence-corrected chi connectivity index (χ1v) is 6.89. The summed E-state index contributed by atoms with van der Waals surface area (Å²) in [6, 6.07) is 0. The molecule has 0 atom stereocenters. The number of nitrogens with zero attached hydrogens (tertiary/aromatic N) is 2. The fraction of sp³-hybridized carbons (Fsp3) is 0.667. The Balaban J connectivity index is 1.76. The zero-order chi connectivity index (χ0) is 13.0. The number of hydrogen-bond acceptors (Lipinski definition) is 4. The molecule has 1 aliphatic carbocycles.